The smallest absolute Gasteiger partial charge is 0.319 e. The van der Waals surface area contributed by atoms with Gasteiger partial charge in [-0.15, -0.1) is 0 Å². The minimum atomic E-state index is -0.593. The number of carbonyl (C=O) groups is 1. The summed E-state index contributed by atoms with van der Waals surface area (Å²) in [5, 5.41) is 15.1. The number of aliphatic hydroxyl groups is 1. The fraction of sp³-hybridized carbons (Fsp3) is 0.367. The predicted octanol–water partition coefficient (Wildman–Crippen LogP) is 5.24. The Balaban J connectivity index is 1.57. The third-order valence-electron chi connectivity index (χ3n) is 6.66. The van der Waals surface area contributed by atoms with Crippen LogP contribution < -0.4 is 10.6 Å². The van der Waals surface area contributed by atoms with Crippen LogP contribution in [0.4, 0.5) is 10.5 Å². The monoisotopic (exact) mass is 503 g/mol. The number of hydrogen-bond donors (Lipinski definition) is 3. The Hall–Kier alpha value is -3.23. The lowest BCUT2D eigenvalue weighted by molar-refractivity contribution is -0.276. The molecular formula is C30H37N3O4. The Kier molecular flexibility index (Phi) is 9.30. The van der Waals surface area contributed by atoms with Crippen molar-refractivity contribution in [2.45, 2.75) is 45.5 Å². The summed E-state index contributed by atoms with van der Waals surface area (Å²) >= 11 is 0. The molecule has 196 valence electrons. The molecule has 3 N–H and O–H groups in total. The molecule has 1 heterocycles. The second-order valence-electron chi connectivity index (χ2n) is 9.61. The summed E-state index contributed by atoms with van der Waals surface area (Å²) in [6.45, 7) is 6.15. The van der Waals surface area contributed by atoms with Gasteiger partial charge < -0.3 is 25.2 Å². The number of urea groups is 1. The van der Waals surface area contributed by atoms with Crippen LogP contribution in [0.1, 0.15) is 48.5 Å². The van der Waals surface area contributed by atoms with Gasteiger partial charge >= 0.3 is 6.03 Å². The fourth-order valence-corrected chi connectivity index (χ4v) is 4.69. The van der Waals surface area contributed by atoms with Gasteiger partial charge in [-0.05, 0) is 42.8 Å². The first-order chi connectivity index (χ1) is 18.0. The third kappa shape index (κ3) is 7.17. The summed E-state index contributed by atoms with van der Waals surface area (Å²) in [6, 6.07) is 25.7. The third-order valence-corrected chi connectivity index (χ3v) is 6.66. The number of aliphatic hydroxyl groups excluding tert-OH is 1. The average Bonchev–Trinajstić information content (AvgIpc) is 2.91. The second-order valence-corrected chi connectivity index (χ2v) is 9.61. The molecule has 1 aliphatic heterocycles. The Bertz CT molecular complexity index is 1140. The minimum Gasteiger partial charge on any atom is -0.392 e. The lowest BCUT2D eigenvalue weighted by atomic mass is 9.90. The van der Waals surface area contributed by atoms with E-state index < -0.39 is 6.29 Å². The summed E-state index contributed by atoms with van der Waals surface area (Å²) in [6.07, 6.45) is -0.874. The zero-order valence-electron chi connectivity index (χ0n) is 21.8. The lowest BCUT2D eigenvalue weighted by Gasteiger charge is -2.42. The van der Waals surface area contributed by atoms with E-state index in [0.29, 0.717) is 12.2 Å². The van der Waals surface area contributed by atoms with Crippen LogP contribution in [0, 0.1) is 5.92 Å². The number of anilines is 1. The van der Waals surface area contributed by atoms with E-state index in [4.69, 9.17) is 9.47 Å². The van der Waals surface area contributed by atoms with Gasteiger partial charge in [-0.25, -0.2) is 4.79 Å². The molecule has 7 nitrogen and oxygen atoms in total. The Morgan fingerprint density at radius 2 is 1.70 bits per heavy atom. The van der Waals surface area contributed by atoms with E-state index in [1.54, 1.807) is 0 Å². The molecule has 4 atom stereocenters. The van der Waals surface area contributed by atoms with Crippen LogP contribution in [-0.4, -0.2) is 42.3 Å². The Morgan fingerprint density at radius 3 is 2.41 bits per heavy atom. The van der Waals surface area contributed by atoms with Gasteiger partial charge in [-0.2, -0.15) is 0 Å². The summed E-state index contributed by atoms with van der Waals surface area (Å²) in [7, 11) is 2.11. The largest absolute Gasteiger partial charge is 0.392 e. The normalized spacial score (nSPS) is 21.5. The van der Waals surface area contributed by atoms with Crippen molar-refractivity contribution in [3.8, 4) is 0 Å². The Labute approximate surface area is 219 Å². The maximum absolute atomic E-state index is 12.0. The van der Waals surface area contributed by atoms with E-state index in [1.807, 2.05) is 61.5 Å². The van der Waals surface area contributed by atoms with Crippen molar-refractivity contribution in [2.24, 2.45) is 5.92 Å². The van der Waals surface area contributed by atoms with E-state index >= 15 is 0 Å². The number of likely N-dealkylation sites (N-methyl/N-ethyl adjacent to an activating group) is 1. The summed E-state index contributed by atoms with van der Waals surface area (Å²) in [5.41, 5.74) is 4.68. The number of carbonyl (C=O) groups excluding carboxylic acids is 1. The van der Waals surface area contributed by atoms with Crippen molar-refractivity contribution in [2.75, 3.05) is 25.5 Å². The molecule has 1 fully saturated rings. The highest BCUT2D eigenvalue weighted by atomic mass is 16.7. The van der Waals surface area contributed by atoms with Gasteiger partial charge in [0.1, 0.15) is 0 Å². The van der Waals surface area contributed by atoms with Gasteiger partial charge in [0.05, 0.1) is 18.8 Å². The first-order valence-corrected chi connectivity index (χ1v) is 12.8. The van der Waals surface area contributed by atoms with Gasteiger partial charge in [-0.3, -0.25) is 4.90 Å². The van der Waals surface area contributed by atoms with Crippen LogP contribution in [0.5, 0.6) is 0 Å². The number of ether oxygens (including phenoxy) is 2. The second kappa shape index (κ2) is 12.8. The molecule has 1 saturated heterocycles. The first kappa shape index (κ1) is 26.8. The molecule has 7 heteroatoms. The molecule has 3 aromatic rings. The minimum absolute atomic E-state index is 0.00536. The lowest BCUT2D eigenvalue weighted by Crippen LogP contribution is -2.43. The van der Waals surface area contributed by atoms with Crippen LogP contribution in [0.15, 0.2) is 78.9 Å². The topological polar surface area (TPSA) is 83.1 Å². The standard InChI is InChI=1S/C30H37N3O4/c1-4-31-30(35)32-26-12-8-11-25(17-26)29-36-27(19-33(3)18-22-9-6-5-7-10-22)21(2)28(37-29)24-15-13-23(20-34)14-16-24/h5-17,21,27-29,34H,4,18-20H2,1-3H3,(H2,31,32,35)/t21-,27+,28+,29+/m0/s1. The molecule has 4 rings (SSSR count). The summed E-state index contributed by atoms with van der Waals surface area (Å²) in [5.74, 6) is 0.0890. The molecule has 0 spiro atoms. The quantitative estimate of drug-likeness (QED) is 0.372. The highest BCUT2D eigenvalue weighted by Crippen LogP contribution is 2.42. The molecule has 0 unspecified atom stereocenters. The van der Waals surface area contributed by atoms with Crippen molar-refractivity contribution >= 4 is 11.7 Å². The zero-order chi connectivity index (χ0) is 26.2. The van der Waals surface area contributed by atoms with Crippen molar-refractivity contribution < 1.29 is 19.4 Å². The molecule has 1 aliphatic rings. The number of rotatable bonds is 9. The van der Waals surface area contributed by atoms with E-state index in [2.05, 4.69) is 53.8 Å². The number of hydrogen-bond acceptors (Lipinski definition) is 5. The van der Waals surface area contributed by atoms with Crippen LogP contribution in [0.3, 0.4) is 0 Å². The van der Waals surface area contributed by atoms with Crippen LogP contribution in [-0.2, 0) is 22.6 Å². The van der Waals surface area contributed by atoms with Gasteiger partial charge in [0.2, 0.25) is 0 Å². The van der Waals surface area contributed by atoms with Gasteiger partial charge in [0.15, 0.2) is 6.29 Å². The van der Waals surface area contributed by atoms with E-state index in [-0.39, 0.29) is 30.8 Å². The number of amides is 2. The van der Waals surface area contributed by atoms with Crippen LogP contribution in [0.2, 0.25) is 0 Å². The summed E-state index contributed by atoms with van der Waals surface area (Å²) < 4.78 is 13.1. The van der Waals surface area contributed by atoms with Crippen molar-refractivity contribution in [1.82, 2.24) is 10.2 Å². The maximum atomic E-state index is 12.0. The average molecular weight is 504 g/mol. The highest BCUT2D eigenvalue weighted by Gasteiger charge is 2.38. The van der Waals surface area contributed by atoms with Gasteiger partial charge in [0, 0.05) is 36.8 Å². The molecule has 37 heavy (non-hydrogen) atoms. The van der Waals surface area contributed by atoms with Crippen LogP contribution >= 0.6 is 0 Å². The fourth-order valence-electron chi connectivity index (χ4n) is 4.69. The van der Waals surface area contributed by atoms with E-state index in [0.717, 1.165) is 29.8 Å². The van der Waals surface area contributed by atoms with Gasteiger partial charge in [-0.1, -0.05) is 73.7 Å². The summed E-state index contributed by atoms with van der Waals surface area (Å²) in [4.78, 5) is 14.3. The van der Waals surface area contributed by atoms with Gasteiger partial charge in [0.25, 0.3) is 0 Å². The highest BCUT2D eigenvalue weighted by molar-refractivity contribution is 5.89. The molecule has 2 amide bonds. The maximum Gasteiger partial charge on any atom is 0.319 e. The predicted molar refractivity (Wildman–Crippen MR) is 145 cm³/mol. The van der Waals surface area contributed by atoms with E-state index in [1.165, 1.54) is 5.56 Å². The molecule has 3 aromatic carbocycles. The Morgan fingerprint density at radius 1 is 0.946 bits per heavy atom. The molecule has 0 bridgehead atoms. The van der Waals surface area contributed by atoms with Crippen molar-refractivity contribution in [1.29, 1.82) is 0 Å². The molecule has 0 saturated carbocycles. The van der Waals surface area contributed by atoms with Crippen molar-refractivity contribution in [3.63, 3.8) is 0 Å². The molecular weight excluding hydrogens is 466 g/mol. The molecule has 0 radical (unpaired) electrons. The molecule has 0 aliphatic carbocycles. The van der Waals surface area contributed by atoms with E-state index in [9.17, 15) is 9.90 Å². The van der Waals surface area contributed by atoms with Crippen molar-refractivity contribution in [3.05, 3.63) is 101 Å². The number of benzene rings is 3. The number of nitrogens with zero attached hydrogens (tertiary/aromatic N) is 1. The molecule has 0 aromatic heterocycles. The van der Waals surface area contributed by atoms with Crippen LogP contribution in [0.25, 0.3) is 0 Å². The zero-order valence-corrected chi connectivity index (χ0v) is 21.8. The SMILES string of the molecule is CCNC(=O)Nc1cccc([C@@H]2O[C@H](CN(C)Cc3ccccc3)[C@H](C)[C@H](c3ccc(CO)cc3)O2)c1. The number of nitrogens with one attached hydrogen (secondary N) is 2. The first-order valence-electron chi connectivity index (χ1n) is 12.8.